The molecular formula is C15H17F4NO. The van der Waals surface area contributed by atoms with E-state index in [0.717, 1.165) is 18.6 Å². The van der Waals surface area contributed by atoms with Crippen LogP contribution in [-0.2, 0) is 6.18 Å². The Morgan fingerprint density at radius 3 is 2.62 bits per heavy atom. The van der Waals surface area contributed by atoms with Gasteiger partial charge in [0.25, 0.3) is 0 Å². The van der Waals surface area contributed by atoms with E-state index in [0.29, 0.717) is 32.0 Å². The fourth-order valence-electron chi connectivity index (χ4n) is 2.93. The number of alkyl halides is 3. The fourth-order valence-corrected chi connectivity index (χ4v) is 2.93. The van der Waals surface area contributed by atoms with Crippen LogP contribution in [0.4, 0.5) is 17.6 Å². The molecule has 0 aliphatic carbocycles. The summed E-state index contributed by atoms with van der Waals surface area (Å²) in [7, 11) is 0. The van der Waals surface area contributed by atoms with Crippen molar-refractivity contribution in [2.45, 2.75) is 32.4 Å². The normalized spacial score (nSPS) is 22.5. The Bertz CT molecular complexity index is 533. The number of carbonyl (C=O) groups excluding carboxylic acids is 1. The minimum atomic E-state index is -4.80. The number of Topliss-reactive ketones (excluding diaryl/α,β-unsaturated/α-hetero) is 1. The van der Waals surface area contributed by atoms with Crippen molar-refractivity contribution in [1.29, 1.82) is 0 Å². The second-order valence-electron chi connectivity index (χ2n) is 5.48. The van der Waals surface area contributed by atoms with Gasteiger partial charge in [0.15, 0.2) is 5.78 Å². The summed E-state index contributed by atoms with van der Waals surface area (Å²) in [5.41, 5.74) is -2.12. The maximum Gasteiger partial charge on any atom is 0.419 e. The highest BCUT2D eigenvalue weighted by Gasteiger charge is 2.42. The van der Waals surface area contributed by atoms with Crippen LogP contribution in [0.2, 0.25) is 0 Å². The standard InChI is InChI=1S/C15H17F4NO/c1-2-5-14(6-7-20-9-14)13(21)10-3-4-12(16)11(8-10)15(17,18)19/h3-4,8,20H,2,5-7,9H2,1H3. The first-order valence-corrected chi connectivity index (χ1v) is 6.92. The number of ketones is 1. The zero-order valence-corrected chi connectivity index (χ0v) is 11.7. The van der Waals surface area contributed by atoms with Crippen molar-refractivity contribution in [2.75, 3.05) is 13.1 Å². The third kappa shape index (κ3) is 3.10. The van der Waals surface area contributed by atoms with Crippen molar-refractivity contribution in [1.82, 2.24) is 5.32 Å². The van der Waals surface area contributed by atoms with Gasteiger partial charge in [-0.05, 0) is 37.6 Å². The highest BCUT2D eigenvalue weighted by molar-refractivity contribution is 6.01. The molecular weight excluding hydrogens is 286 g/mol. The molecule has 116 valence electrons. The van der Waals surface area contributed by atoms with Crippen molar-refractivity contribution in [2.24, 2.45) is 5.41 Å². The maximum absolute atomic E-state index is 13.3. The summed E-state index contributed by atoms with van der Waals surface area (Å²) < 4.78 is 51.6. The van der Waals surface area contributed by atoms with Crippen molar-refractivity contribution in [3.8, 4) is 0 Å². The highest BCUT2D eigenvalue weighted by Crippen LogP contribution is 2.37. The monoisotopic (exact) mass is 303 g/mol. The Morgan fingerprint density at radius 1 is 1.38 bits per heavy atom. The molecule has 1 aromatic rings. The first kappa shape index (κ1) is 15.9. The molecule has 1 fully saturated rings. The van der Waals surface area contributed by atoms with Gasteiger partial charge in [0.1, 0.15) is 5.82 Å². The predicted octanol–water partition coefficient (Wildman–Crippen LogP) is 3.81. The van der Waals surface area contributed by atoms with Gasteiger partial charge in [0, 0.05) is 17.5 Å². The van der Waals surface area contributed by atoms with Crippen molar-refractivity contribution >= 4 is 5.78 Å². The lowest BCUT2D eigenvalue weighted by molar-refractivity contribution is -0.140. The molecule has 1 aliphatic heterocycles. The quantitative estimate of drug-likeness (QED) is 0.677. The van der Waals surface area contributed by atoms with E-state index in [1.54, 1.807) is 0 Å². The van der Waals surface area contributed by atoms with Gasteiger partial charge in [-0.25, -0.2) is 4.39 Å². The molecule has 2 rings (SSSR count). The third-order valence-corrected chi connectivity index (χ3v) is 3.99. The molecule has 1 saturated heterocycles. The number of benzene rings is 1. The van der Waals surface area contributed by atoms with Gasteiger partial charge < -0.3 is 5.32 Å². The summed E-state index contributed by atoms with van der Waals surface area (Å²) in [4.78, 5) is 12.6. The summed E-state index contributed by atoms with van der Waals surface area (Å²) in [6.07, 6.45) is -2.83. The molecule has 0 saturated carbocycles. The zero-order chi connectivity index (χ0) is 15.7. The number of nitrogens with one attached hydrogen (secondary N) is 1. The second-order valence-corrected chi connectivity index (χ2v) is 5.48. The van der Waals surface area contributed by atoms with E-state index in [1.165, 1.54) is 0 Å². The van der Waals surface area contributed by atoms with Crippen LogP contribution < -0.4 is 5.32 Å². The van der Waals surface area contributed by atoms with Gasteiger partial charge in [-0.2, -0.15) is 13.2 Å². The van der Waals surface area contributed by atoms with Crippen LogP contribution in [0.1, 0.15) is 42.1 Å². The van der Waals surface area contributed by atoms with E-state index in [9.17, 15) is 22.4 Å². The van der Waals surface area contributed by atoms with E-state index >= 15 is 0 Å². The number of carbonyl (C=O) groups is 1. The fraction of sp³-hybridized carbons (Fsp3) is 0.533. The van der Waals surface area contributed by atoms with E-state index in [1.807, 2.05) is 6.92 Å². The predicted molar refractivity (Wildman–Crippen MR) is 70.6 cm³/mol. The van der Waals surface area contributed by atoms with Gasteiger partial charge in [0.05, 0.1) is 5.56 Å². The first-order chi connectivity index (χ1) is 9.80. The second kappa shape index (κ2) is 5.75. The van der Waals surface area contributed by atoms with E-state index in [4.69, 9.17) is 0 Å². The molecule has 0 amide bonds. The lowest BCUT2D eigenvalue weighted by Crippen LogP contribution is -2.33. The Kier molecular flexibility index (Phi) is 4.37. The Morgan fingerprint density at radius 2 is 2.10 bits per heavy atom. The summed E-state index contributed by atoms with van der Waals surface area (Å²) in [5.74, 6) is -1.69. The van der Waals surface area contributed by atoms with Crippen LogP contribution in [0, 0.1) is 11.2 Å². The number of hydrogen-bond acceptors (Lipinski definition) is 2. The number of rotatable bonds is 4. The van der Waals surface area contributed by atoms with Crippen LogP contribution in [0.15, 0.2) is 18.2 Å². The molecule has 1 heterocycles. The summed E-state index contributed by atoms with van der Waals surface area (Å²) in [5, 5.41) is 3.09. The van der Waals surface area contributed by atoms with Crippen LogP contribution in [0.25, 0.3) is 0 Å². The molecule has 1 aliphatic rings. The van der Waals surface area contributed by atoms with E-state index in [2.05, 4.69) is 5.32 Å². The average molecular weight is 303 g/mol. The van der Waals surface area contributed by atoms with Crippen molar-refractivity contribution < 1.29 is 22.4 Å². The molecule has 0 spiro atoms. The molecule has 2 nitrogen and oxygen atoms in total. The largest absolute Gasteiger partial charge is 0.419 e. The van der Waals surface area contributed by atoms with Crippen LogP contribution in [0.3, 0.4) is 0 Å². The highest BCUT2D eigenvalue weighted by atomic mass is 19.4. The number of hydrogen-bond donors (Lipinski definition) is 1. The molecule has 0 aromatic heterocycles. The van der Waals surface area contributed by atoms with Crippen LogP contribution >= 0.6 is 0 Å². The molecule has 1 N–H and O–H groups in total. The molecule has 1 atom stereocenters. The van der Waals surface area contributed by atoms with Crippen LogP contribution in [-0.4, -0.2) is 18.9 Å². The molecule has 1 aromatic carbocycles. The molecule has 0 bridgehead atoms. The molecule has 6 heteroatoms. The molecule has 0 radical (unpaired) electrons. The van der Waals surface area contributed by atoms with E-state index < -0.39 is 23.0 Å². The lowest BCUT2D eigenvalue weighted by atomic mass is 9.76. The average Bonchev–Trinajstić information content (AvgIpc) is 2.87. The maximum atomic E-state index is 13.3. The van der Waals surface area contributed by atoms with E-state index in [-0.39, 0.29) is 11.3 Å². The topological polar surface area (TPSA) is 29.1 Å². The SMILES string of the molecule is CCCC1(C(=O)c2ccc(F)c(C(F)(F)F)c2)CCNC1. The Hall–Kier alpha value is -1.43. The van der Waals surface area contributed by atoms with Crippen molar-refractivity contribution in [3.63, 3.8) is 0 Å². The minimum absolute atomic E-state index is 0.0686. The minimum Gasteiger partial charge on any atom is -0.316 e. The summed E-state index contributed by atoms with van der Waals surface area (Å²) in [6.45, 7) is 3.05. The van der Waals surface area contributed by atoms with Gasteiger partial charge in [0.2, 0.25) is 0 Å². The molecule has 21 heavy (non-hydrogen) atoms. The first-order valence-electron chi connectivity index (χ1n) is 6.92. The van der Waals surface area contributed by atoms with Crippen LogP contribution in [0.5, 0.6) is 0 Å². The van der Waals surface area contributed by atoms with Gasteiger partial charge in [-0.15, -0.1) is 0 Å². The Labute approximate surface area is 120 Å². The third-order valence-electron chi connectivity index (χ3n) is 3.99. The Balaban J connectivity index is 2.39. The zero-order valence-electron chi connectivity index (χ0n) is 11.7. The van der Waals surface area contributed by atoms with Gasteiger partial charge in [-0.3, -0.25) is 4.79 Å². The summed E-state index contributed by atoms with van der Waals surface area (Å²) >= 11 is 0. The lowest BCUT2D eigenvalue weighted by Gasteiger charge is -2.26. The smallest absolute Gasteiger partial charge is 0.316 e. The van der Waals surface area contributed by atoms with Crippen molar-refractivity contribution in [3.05, 3.63) is 35.1 Å². The molecule has 1 unspecified atom stereocenters. The van der Waals surface area contributed by atoms with Gasteiger partial charge >= 0.3 is 6.18 Å². The number of halogens is 4. The van der Waals surface area contributed by atoms with Gasteiger partial charge in [-0.1, -0.05) is 13.3 Å². The summed E-state index contributed by atoms with van der Waals surface area (Å²) in [6, 6.07) is 2.49.